The summed E-state index contributed by atoms with van der Waals surface area (Å²) in [6.45, 7) is 2.06. The fourth-order valence-corrected chi connectivity index (χ4v) is 2.26. The molecule has 0 spiro atoms. The van der Waals surface area contributed by atoms with Crippen molar-refractivity contribution in [3.63, 3.8) is 0 Å². The first-order chi connectivity index (χ1) is 6.66. The Bertz CT molecular complexity index is 470. The number of rotatable bonds is 1. The van der Waals surface area contributed by atoms with Crippen LogP contribution < -0.4 is 0 Å². The maximum absolute atomic E-state index is 5.76. The Kier molecular flexibility index (Phi) is 2.85. The first-order valence-electron chi connectivity index (χ1n) is 3.92. The van der Waals surface area contributed by atoms with E-state index in [1.807, 2.05) is 12.1 Å². The minimum absolute atomic E-state index is 0.391. The van der Waals surface area contributed by atoms with E-state index in [0.717, 1.165) is 15.0 Å². The molecule has 0 saturated carbocycles. The molecule has 0 fully saturated rings. The molecule has 0 aliphatic rings. The van der Waals surface area contributed by atoms with E-state index in [1.165, 1.54) is 4.88 Å². The van der Waals surface area contributed by atoms with Crippen LogP contribution in [-0.2, 0) is 0 Å². The van der Waals surface area contributed by atoms with E-state index in [-0.39, 0.29) is 0 Å². The molecule has 0 N–H and O–H groups in total. The van der Waals surface area contributed by atoms with E-state index in [4.69, 9.17) is 11.6 Å². The molecule has 72 valence electrons. The molecule has 0 bridgehead atoms. The molecule has 0 aliphatic carbocycles. The van der Waals surface area contributed by atoms with Crippen LogP contribution in [0, 0.1) is 6.92 Å². The first-order valence-corrected chi connectivity index (χ1v) is 5.91. The van der Waals surface area contributed by atoms with Gasteiger partial charge in [-0.05, 0) is 41.1 Å². The standard InChI is InChI=1S/C9H6BrClN2S/c1-5-2-3-8(14-5)7-4-6(10)9(11)13-12-7/h2-4H,1H3. The van der Waals surface area contributed by atoms with E-state index in [9.17, 15) is 0 Å². The van der Waals surface area contributed by atoms with E-state index in [0.29, 0.717) is 5.15 Å². The van der Waals surface area contributed by atoms with Gasteiger partial charge in [0.2, 0.25) is 0 Å². The number of halogens is 2. The Morgan fingerprint density at radius 1 is 1.36 bits per heavy atom. The van der Waals surface area contributed by atoms with Crippen molar-refractivity contribution in [1.82, 2.24) is 10.2 Å². The Balaban J connectivity index is 2.47. The Morgan fingerprint density at radius 3 is 2.71 bits per heavy atom. The normalized spacial score (nSPS) is 10.5. The van der Waals surface area contributed by atoms with Gasteiger partial charge in [-0.3, -0.25) is 0 Å². The predicted molar refractivity (Wildman–Crippen MR) is 62.8 cm³/mol. The summed E-state index contributed by atoms with van der Waals surface area (Å²) in [5, 5.41) is 8.25. The van der Waals surface area contributed by atoms with Gasteiger partial charge in [0.1, 0.15) is 5.69 Å². The average Bonchev–Trinajstić information content (AvgIpc) is 2.57. The number of aromatic nitrogens is 2. The molecule has 2 heterocycles. The van der Waals surface area contributed by atoms with Crippen LogP contribution in [0.25, 0.3) is 10.6 Å². The van der Waals surface area contributed by atoms with Crippen LogP contribution >= 0.6 is 38.9 Å². The summed E-state index contributed by atoms with van der Waals surface area (Å²) in [4.78, 5) is 2.36. The van der Waals surface area contributed by atoms with Crippen LogP contribution in [0.4, 0.5) is 0 Å². The van der Waals surface area contributed by atoms with Gasteiger partial charge in [-0.25, -0.2) is 0 Å². The second-order valence-corrected chi connectivity index (χ2v) is 5.28. The van der Waals surface area contributed by atoms with Crippen molar-refractivity contribution in [3.05, 3.63) is 32.7 Å². The van der Waals surface area contributed by atoms with E-state index in [2.05, 4.69) is 39.1 Å². The number of aryl methyl sites for hydroxylation is 1. The third-order valence-corrected chi connectivity index (χ3v) is 3.83. The Morgan fingerprint density at radius 2 is 2.14 bits per heavy atom. The fraction of sp³-hybridized carbons (Fsp3) is 0.111. The molecule has 0 unspecified atom stereocenters. The molecule has 14 heavy (non-hydrogen) atoms. The van der Waals surface area contributed by atoms with E-state index in [1.54, 1.807) is 11.3 Å². The molecule has 0 radical (unpaired) electrons. The number of nitrogens with zero attached hydrogens (tertiary/aromatic N) is 2. The van der Waals surface area contributed by atoms with Crippen LogP contribution in [0.15, 0.2) is 22.7 Å². The van der Waals surface area contributed by atoms with Gasteiger partial charge < -0.3 is 0 Å². The summed E-state index contributed by atoms with van der Waals surface area (Å²) in [6.07, 6.45) is 0. The molecule has 0 saturated heterocycles. The monoisotopic (exact) mass is 288 g/mol. The topological polar surface area (TPSA) is 25.8 Å². The quantitative estimate of drug-likeness (QED) is 0.795. The molecule has 2 aromatic heterocycles. The number of hydrogen-bond acceptors (Lipinski definition) is 3. The molecule has 0 aliphatic heterocycles. The minimum atomic E-state index is 0.391. The van der Waals surface area contributed by atoms with Gasteiger partial charge in [0.15, 0.2) is 5.15 Å². The van der Waals surface area contributed by atoms with E-state index < -0.39 is 0 Å². The lowest BCUT2D eigenvalue weighted by Gasteiger charge is -1.97. The summed E-state index contributed by atoms with van der Waals surface area (Å²) in [5.74, 6) is 0. The number of thiophene rings is 1. The van der Waals surface area contributed by atoms with Crippen LogP contribution in [0.1, 0.15) is 4.88 Å². The highest BCUT2D eigenvalue weighted by atomic mass is 79.9. The van der Waals surface area contributed by atoms with Crippen molar-refractivity contribution in [2.75, 3.05) is 0 Å². The zero-order valence-corrected chi connectivity index (χ0v) is 10.4. The summed E-state index contributed by atoms with van der Waals surface area (Å²) in [7, 11) is 0. The van der Waals surface area contributed by atoms with Gasteiger partial charge in [0.05, 0.1) is 9.35 Å². The second-order valence-electron chi connectivity index (χ2n) is 2.78. The van der Waals surface area contributed by atoms with Crippen molar-refractivity contribution in [2.24, 2.45) is 0 Å². The van der Waals surface area contributed by atoms with Crippen LogP contribution in [0.5, 0.6) is 0 Å². The lowest BCUT2D eigenvalue weighted by atomic mass is 10.3. The lowest BCUT2D eigenvalue weighted by Crippen LogP contribution is -1.86. The largest absolute Gasteiger partial charge is 0.165 e. The van der Waals surface area contributed by atoms with E-state index >= 15 is 0 Å². The predicted octanol–water partition coefficient (Wildman–Crippen LogP) is 3.93. The zero-order valence-electron chi connectivity index (χ0n) is 7.29. The molecule has 2 aromatic rings. The van der Waals surface area contributed by atoms with Gasteiger partial charge >= 0.3 is 0 Å². The van der Waals surface area contributed by atoms with Crippen molar-refractivity contribution >= 4 is 38.9 Å². The van der Waals surface area contributed by atoms with Crippen molar-refractivity contribution < 1.29 is 0 Å². The Hall–Kier alpha value is -0.450. The molecule has 0 aromatic carbocycles. The highest BCUT2D eigenvalue weighted by molar-refractivity contribution is 9.10. The van der Waals surface area contributed by atoms with Crippen molar-refractivity contribution in [2.45, 2.75) is 6.92 Å². The SMILES string of the molecule is Cc1ccc(-c2cc(Br)c(Cl)nn2)s1. The minimum Gasteiger partial charge on any atom is -0.148 e. The molecular formula is C9H6BrClN2S. The summed E-state index contributed by atoms with van der Waals surface area (Å²) >= 11 is 10.8. The average molecular weight is 290 g/mol. The maximum atomic E-state index is 5.76. The van der Waals surface area contributed by atoms with Gasteiger partial charge in [0, 0.05) is 4.88 Å². The number of hydrogen-bond donors (Lipinski definition) is 0. The van der Waals surface area contributed by atoms with Gasteiger partial charge in [-0.15, -0.1) is 21.5 Å². The summed E-state index contributed by atoms with van der Waals surface area (Å²) in [5.41, 5.74) is 0.847. The molecule has 2 nitrogen and oxygen atoms in total. The van der Waals surface area contributed by atoms with Crippen LogP contribution in [-0.4, -0.2) is 10.2 Å². The van der Waals surface area contributed by atoms with Crippen LogP contribution in [0.2, 0.25) is 5.15 Å². The zero-order chi connectivity index (χ0) is 10.1. The highest BCUT2D eigenvalue weighted by Gasteiger charge is 2.06. The molecule has 0 amide bonds. The maximum Gasteiger partial charge on any atom is 0.165 e. The third kappa shape index (κ3) is 1.97. The van der Waals surface area contributed by atoms with Crippen molar-refractivity contribution in [1.29, 1.82) is 0 Å². The highest BCUT2D eigenvalue weighted by Crippen LogP contribution is 2.29. The smallest absolute Gasteiger partial charge is 0.148 e. The molecule has 5 heteroatoms. The summed E-state index contributed by atoms with van der Waals surface area (Å²) in [6, 6.07) is 5.97. The molecule has 2 rings (SSSR count). The second kappa shape index (κ2) is 3.96. The van der Waals surface area contributed by atoms with Gasteiger partial charge in [-0.1, -0.05) is 11.6 Å². The third-order valence-electron chi connectivity index (χ3n) is 1.70. The van der Waals surface area contributed by atoms with Crippen molar-refractivity contribution in [3.8, 4) is 10.6 Å². The van der Waals surface area contributed by atoms with Gasteiger partial charge in [0.25, 0.3) is 0 Å². The summed E-state index contributed by atoms with van der Waals surface area (Å²) < 4.78 is 0.773. The fourth-order valence-electron chi connectivity index (χ4n) is 1.05. The lowest BCUT2D eigenvalue weighted by molar-refractivity contribution is 1.03. The molecule has 0 atom stereocenters. The van der Waals surface area contributed by atoms with Gasteiger partial charge in [-0.2, -0.15) is 0 Å². The first kappa shape index (κ1) is 10.1. The van der Waals surface area contributed by atoms with Crippen LogP contribution in [0.3, 0.4) is 0 Å². The Labute approximate surface area is 99.1 Å². The molecular weight excluding hydrogens is 284 g/mol.